The van der Waals surface area contributed by atoms with E-state index in [0.717, 1.165) is 0 Å². The van der Waals surface area contributed by atoms with Crippen LogP contribution < -0.4 is 5.32 Å². The summed E-state index contributed by atoms with van der Waals surface area (Å²) in [7, 11) is -3.15. The Morgan fingerprint density at radius 3 is 2.37 bits per heavy atom. The molecule has 0 aliphatic carbocycles. The number of hydrogen-bond donors (Lipinski definition) is 1. The number of piperazine rings is 1. The van der Waals surface area contributed by atoms with E-state index in [1.165, 1.54) is 4.90 Å². The van der Waals surface area contributed by atoms with Gasteiger partial charge in [-0.05, 0) is 20.3 Å². The number of nitrogens with zero attached hydrogens (tertiary/aromatic N) is 1. The molecular formula is C12H22N2O4S. The largest absolute Gasteiger partial charge is 0.340 e. The summed E-state index contributed by atoms with van der Waals surface area (Å²) in [6, 6.07) is -0.626. The van der Waals surface area contributed by atoms with Gasteiger partial charge in [0.2, 0.25) is 11.8 Å². The van der Waals surface area contributed by atoms with Gasteiger partial charge in [-0.3, -0.25) is 9.59 Å². The maximum atomic E-state index is 12.4. The predicted molar refractivity (Wildman–Crippen MR) is 72.3 cm³/mol. The van der Waals surface area contributed by atoms with Crippen LogP contribution in [0, 0.1) is 0 Å². The first-order valence-corrected chi connectivity index (χ1v) is 8.32. The molecule has 2 amide bonds. The van der Waals surface area contributed by atoms with E-state index in [9.17, 15) is 18.0 Å². The Bertz CT molecular complexity index is 474. The average Bonchev–Trinajstić information content (AvgIpc) is 2.36. The Balaban J connectivity index is 2.90. The summed E-state index contributed by atoms with van der Waals surface area (Å²) in [5.41, 5.74) is -0.931. The van der Waals surface area contributed by atoms with Crippen LogP contribution in [0.15, 0.2) is 0 Å². The van der Waals surface area contributed by atoms with E-state index in [1.807, 2.05) is 6.92 Å². The molecule has 0 aromatic rings. The van der Waals surface area contributed by atoms with Crippen molar-refractivity contribution in [2.45, 2.75) is 45.7 Å². The number of carbonyl (C=O) groups is 2. The molecule has 1 rings (SSSR count). The number of sulfone groups is 1. The highest BCUT2D eigenvalue weighted by Crippen LogP contribution is 2.21. The van der Waals surface area contributed by atoms with Gasteiger partial charge < -0.3 is 10.2 Å². The molecule has 0 spiro atoms. The molecule has 1 heterocycles. The third-order valence-electron chi connectivity index (χ3n) is 3.77. The fourth-order valence-electron chi connectivity index (χ4n) is 1.98. The second-order valence-corrected chi connectivity index (χ2v) is 7.56. The van der Waals surface area contributed by atoms with Crippen LogP contribution in [-0.4, -0.2) is 54.8 Å². The summed E-state index contributed by atoms with van der Waals surface area (Å²) in [4.78, 5) is 25.6. The molecule has 6 nitrogen and oxygen atoms in total. The maximum Gasteiger partial charge on any atom is 0.248 e. The van der Waals surface area contributed by atoms with Gasteiger partial charge in [0.25, 0.3) is 0 Å². The normalized spacial score (nSPS) is 28.4. The number of hydrogen-bond acceptors (Lipinski definition) is 4. The van der Waals surface area contributed by atoms with Crippen LogP contribution in [0.3, 0.4) is 0 Å². The lowest BCUT2D eigenvalue weighted by molar-refractivity contribution is -0.153. The highest BCUT2D eigenvalue weighted by molar-refractivity contribution is 7.91. The molecule has 1 N–H and O–H groups in total. The fourth-order valence-corrected chi connectivity index (χ4v) is 2.74. The van der Waals surface area contributed by atoms with Crippen molar-refractivity contribution >= 4 is 21.7 Å². The lowest BCUT2D eigenvalue weighted by atomic mass is 9.92. The molecule has 110 valence electrons. The molecule has 1 fully saturated rings. The van der Waals surface area contributed by atoms with E-state index in [4.69, 9.17) is 0 Å². The fraction of sp³-hybridized carbons (Fsp3) is 0.833. The Morgan fingerprint density at radius 1 is 1.32 bits per heavy atom. The predicted octanol–water partition coefficient (Wildman–Crippen LogP) is -0.0633. The molecule has 19 heavy (non-hydrogen) atoms. The lowest BCUT2D eigenvalue weighted by Gasteiger charge is -2.42. The number of amides is 2. The third-order valence-corrected chi connectivity index (χ3v) is 5.45. The molecule has 7 heteroatoms. The van der Waals surface area contributed by atoms with Crippen LogP contribution in [0.5, 0.6) is 0 Å². The Hall–Kier alpha value is -1.11. The number of nitrogens with one attached hydrogen (secondary N) is 1. The molecule has 0 aromatic carbocycles. The van der Waals surface area contributed by atoms with Crippen molar-refractivity contribution < 1.29 is 18.0 Å². The van der Waals surface area contributed by atoms with Crippen molar-refractivity contribution in [3.05, 3.63) is 0 Å². The molecular weight excluding hydrogens is 268 g/mol. The topological polar surface area (TPSA) is 83.6 Å². The van der Waals surface area contributed by atoms with Crippen LogP contribution in [0.25, 0.3) is 0 Å². The van der Waals surface area contributed by atoms with Gasteiger partial charge in [-0.1, -0.05) is 13.8 Å². The van der Waals surface area contributed by atoms with E-state index in [-0.39, 0.29) is 29.9 Å². The molecule has 2 unspecified atom stereocenters. The first-order valence-electron chi connectivity index (χ1n) is 6.50. The summed E-state index contributed by atoms with van der Waals surface area (Å²) in [6.45, 7) is 6.73. The van der Waals surface area contributed by atoms with Gasteiger partial charge in [-0.2, -0.15) is 0 Å². The van der Waals surface area contributed by atoms with Crippen LogP contribution in [-0.2, 0) is 19.4 Å². The van der Waals surface area contributed by atoms with Gasteiger partial charge in [0.1, 0.15) is 11.6 Å². The Kier molecular flexibility index (Phi) is 4.60. The van der Waals surface area contributed by atoms with Crippen molar-refractivity contribution in [3.63, 3.8) is 0 Å². The first-order chi connectivity index (χ1) is 8.67. The summed E-state index contributed by atoms with van der Waals surface area (Å²) in [5.74, 6) is -0.515. The monoisotopic (exact) mass is 290 g/mol. The smallest absolute Gasteiger partial charge is 0.248 e. The minimum absolute atomic E-state index is 0.0423. The third kappa shape index (κ3) is 3.26. The maximum absolute atomic E-state index is 12.4. The molecule has 2 atom stereocenters. The summed E-state index contributed by atoms with van der Waals surface area (Å²) >= 11 is 0. The van der Waals surface area contributed by atoms with E-state index in [1.54, 1.807) is 20.8 Å². The number of rotatable bonds is 5. The van der Waals surface area contributed by atoms with Crippen molar-refractivity contribution in [3.8, 4) is 0 Å². The van der Waals surface area contributed by atoms with E-state index < -0.39 is 21.4 Å². The summed E-state index contributed by atoms with van der Waals surface area (Å²) < 4.78 is 23.1. The first kappa shape index (κ1) is 15.9. The van der Waals surface area contributed by atoms with E-state index in [2.05, 4.69) is 5.32 Å². The van der Waals surface area contributed by atoms with Gasteiger partial charge in [0, 0.05) is 12.3 Å². The highest BCUT2D eigenvalue weighted by Gasteiger charge is 2.45. The second-order valence-electron chi connectivity index (χ2n) is 5.09. The molecule has 1 aliphatic rings. The zero-order chi connectivity index (χ0) is 14.8. The minimum atomic E-state index is -3.15. The second kappa shape index (κ2) is 5.48. The van der Waals surface area contributed by atoms with Gasteiger partial charge in [0.05, 0.1) is 5.75 Å². The zero-order valence-corrected chi connectivity index (χ0v) is 12.7. The van der Waals surface area contributed by atoms with Gasteiger partial charge in [-0.25, -0.2) is 8.42 Å². The quantitative estimate of drug-likeness (QED) is 0.768. The molecule has 1 saturated heterocycles. The average molecular weight is 290 g/mol. The Labute approximate surface area is 114 Å². The van der Waals surface area contributed by atoms with E-state index in [0.29, 0.717) is 6.42 Å². The molecule has 0 aromatic heterocycles. The highest BCUT2D eigenvalue weighted by atomic mass is 32.2. The van der Waals surface area contributed by atoms with Gasteiger partial charge in [0.15, 0.2) is 9.84 Å². The SMILES string of the molecule is CCC1(C)NC(=O)C(C)N(CCS(=O)(=O)CC)C1=O. The molecule has 0 saturated carbocycles. The van der Waals surface area contributed by atoms with Crippen LogP contribution in [0.1, 0.15) is 34.1 Å². The molecule has 0 bridgehead atoms. The molecule has 1 aliphatic heterocycles. The lowest BCUT2D eigenvalue weighted by Crippen LogP contribution is -2.68. The van der Waals surface area contributed by atoms with Gasteiger partial charge in [-0.15, -0.1) is 0 Å². The van der Waals surface area contributed by atoms with Crippen molar-refractivity contribution in [2.75, 3.05) is 18.1 Å². The summed E-state index contributed by atoms with van der Waals surface area (Å²) in [5, 5.41) is 2.70. The van der Waals surface area contributed by atoms with Crippen molar-refractivity contribution in [1.29, 1.82) is 0 Å². The minimum Gasteiger partial charge on any atom is -0.340 e. The van der Waals surface area contributed by atoms with Crippen molar-refractivity contribution in [1.82, 2.24) is 10.2 Å². The molecule has 0 radical (unpaired) electrons. The van der Waals surface area contributed by atoms with Crippen LogP contribution in [0.2, 0.25) is 0 Å². The van der Waals surface area contributed by atoms with Crippen LogP contribution >= 0.6 is 0 Å². The van der Waals surface area contributed by atoms with Gasteiger partial charge >= 0.3 is 0 Å². The zero-order valence-electron chi connectivity index (χ0n) is 11.9. The summed E-state index contributed by atoms with van der Waals surface area (Å²) in [6.07, 6.45) is 0.474. The van der Waals surface area contributed by atoms with E-state index >= 15 is 0 Å². The standard InChI is InChI=1S/C12H22N2O4S/c1-5-12(4)11(16)14(9(3)10(15)13-12)7-8-19(17,18)6-2/h9H,5-8H2,1-4H3,(H,13,15). The Morgan fingerprint density at radius 2 is 1.89 bits per heavy atom. The number of carbonyl (C=O) groups excluding carboxylic acids is 2. The van der Waals surface area contributed by atoms with Crippen LogP contribution in [0.4, 0.5) is 0 Å². The van der Waals surface area contributed by atoms with Crippen molar-refractivity contribution in [2.24, 2.45) is 0 Å².